The van der Waals surface area contributed by atoms with E-state index in [-0.39, 0.29) is 11.6 Å². The number of fused-ring (bicyclic) bond motifs is 1. The predicted molar refractivity (Wildman–Crippen MR) is 75.0 cm³/mol. The van der Waals surface area contributed by atoms with Crippen LogP contribution in [0.5, 0.6) is 0 Å². The van der Waals surface area contributed by atoms with Gasteiger partial charge >= 0.3 is 0 Å². The molecule has 0 aliphatic carbocycles. The molecule has 3 aromatic rings. The van der Waals surface area contributed by atoms with E-state index in [2.05, 4.69) is 10.5 Å². The summed E-state index contributed by atoms with van der Waals surface area (Å²) >= 11 is 0. The van der Waals surface area contributed by atoms with Gasteiger partial charge in [-0.1, -0.05) is 11.2 Å². The first-order valence-electron chi connectivity index (χ1n) is 6.07. The maximum atomic E-state index is 12.2. The van der Waals surface area contributed by atoms with Gasteiger partial charge in [0.1, 0.15) is 0 Å². The maximum Gasteiger partial charge on any atom is 0.280 e. The van der Waals surface area contributed by atoms with Crippen LogP contribution < -0.4 is 10.2 Å². The highest BCUT2D eigenvalue weighted by atomic mass is 16.5. The van der Waals surface area contributed by atoms with E-state index in [0.717, 1.165) is 5.69 Å². The van der Waals surface area contributed by atoms with E-state index < -0.39 is 0 Å². The lowest BCUT2D eigenvalue weighted by atomic mass is 10.1. The van der Waals surface area contributed by atoms with Gasteiger partial charge in [0.05, 0.1) is 11.6 Å². The Balaban J connectivity index is 2.05. The van der Waals surface area contributed by atoms with E-state index in [1.54, 1.807) is 18.2 Å². The van der Waals surface area contributed by atoms with Crippen molar-refractivity contribution in [2.24, 2.45) is 0 Å². The SMILES string of the molecule is CN(C)c1cccc2onc(C(=O)Nc3ccco3)c12. The van der Waals surface area contributed by atoms with E-state index in [4.69, 9.17) is 8.94 Å². The Labute approximate surface area is 114 Å². The second-order valence-corrected chi connectivity index (χ2v) is 4.51. The van der Waals surface area contributed by atoms with Crippen molar-refractivity contribution in [1.82, 2.24) is 5.16 Å². The lowest BCUT2D eigenvalue weighted by molar-refractivity contribution is 0.101. The number of hydrogen-bond donors (Lipinski definition) is 1. The smallest absolute Gasteiger partial charge is 0.280 e. The van der Waals surface area contributed by atoms with Gasteiger partial charge in [0.25, 0.3) is 5.91 Å². The van der Waals surface area contributed by atoms with Crippen molar-refractivity contribution in [3.05, 3.63) is 42.3 Å². The number of amides is 1. The zero-order chi connectivity index (χ0) is 14.1. The molecule has 2 heterocycles. The minimum Gasteiger partial charge on any atom is -0.449 e. The Bertz CT molecular complexity index is 744. The number of nitrogens with one attached hydrogen (secondary N) is 1. The lowest BCUT2D eigenvalue weighted by Crippen LogP contribution is -2.14. The van der Waals surface area contributed by atoms with Gasteiger partial charge in [-0.3, -0.25) is 10.1 Å². The van der Waals surface area contributed by atoms with E-state index in [1.807, 2.05) is 31.1 Å². The molecule has 0 saturated carbocycles. The molecule has 102 valence electrons. The number of anilines is 2. The van der Waals surface area contributed by atoms with Gasteiger partial charge in [-0.2, -0.15) is 0 Å². The van der Waals surface area contributed by atoms with E-state index in [1.165, 1.54) is 6.26 Å². The van der Waals surface area contributed by atoms with E-state index >= 15 is 0 Å². The first-order chi connectivity index (χ1) is 9.66. The molecular formula is C14H13N3O3. The van der Waals surface area contributed by atoms with Crippen molar-refractivity contribution in [2.45, 2.75) is 0 Å². The van der Waals surface area contributed by atoms with Gasteiger partial charge < -0.3 is 13.8 Å². The van der Waals surface area contributed by atoms with E-state index in [9.17, 15) is 4.79 Å². The van der Waals surface area contributed by atoms with Gasteiger partial charge in [0, 0.05) is 25.8 Å². The number of nitrogens with zero attached hydrogens (tertiary/aromatic N) is 2. The molecule has 6 heteroatoms. The van der Waals surface area contributed by atoms with Gasteiger partial charge in [-0.15, -0.1) is 0 Å². The van der Waals surface area contributed by atoms with Gasteiger partial charge in [0.2, 0.25) is 0 Å². The maximum absolute atomic E-state index is 12.2. The molecule has 0 atom stereocenters. The van der Waals surface area contributed by atoms with Crippen LogP contribution in [0.3, 0.4) is 0 Å². The predicted octanol–water partition coefficient (Wildman–Crippen LogP) is 2.74. The van der Waals surface area contributed by atoms with E-state index in [0.29, 0.717) is 16.9 Å². The van der Waals surface area contributed by atoms with Crippen molar-refractivity contribution in [2.75, 3.05) is 24.3 Å². The van der Waals surface area contributed by atoms with Crippen molar-refractivity contribution >= 4 is 28.4 Å². The molecule has 0 aliphatic heterocycles. The molecule has 1 amide bonds. The standard InChI is InChI=1S/C14H13N3O3/c1-17(2)9-5-3-6-10-12(9)13(16-20-10)14(18)15-11-7-4-8-19-11/h3-8H,1-2H3,(H,15,18). The molecule has 2 aromatic heterocycles. The Hall–Kier alpha value is -2.76. The van der Waals surface area contributed by atoms with Crippen LogP contribution in [0, 0.1) is 0 Å². The monoisotopic (exact) mass is 271 g/mol. The Kier molecular flexibility index (Phi) is 2.90. The summed E-state index contributed by atoms with van der Waals surface area (Å²) < 4.78 is 10.3. The molecule has 0 unspecified atom stereocenters. The van der Waals surface area contributed by atoms with Crippen molar-refractivity contribution in [1.29, 1.82) is 0 Å². The van der Waals surface area contributed by atoms with Crippen LogP contribution in [0.25, 0.3) is 11.0 Å². The molecule has 0 saturated heterocycles. The molecule has 1 N–H and O–H groups in total. The molecule has 20 heavy (non-hydrogen) atoms. The summed E-state index contributed by atoms with van der Waals surface area (Å²) in [6.07, 6.45) is 1.49. The fraction of sp³-hybridized carbons (Fsp3) is 0.143. The third kappa shape index (κ3) is 2.01. The summed E-state index contributed by atoms with van der Waals surface area (Å²) in [5, 5.41) is 7.18. The average Bonchev–Trinajstić information content (AvgIpc) is 3.06. The zero-order valence-corrected chi connectivity index (χ0v) is 11.1. The van der Waals surface area contributed by atoms with Crippen molar-refractivity contribution in [3.63, 3.8) is 0 Å². The minimum atomic E-state index is -0.368. The van der Waals surface area contributed by atoms with Crippen LogP contribution >= 0.6 is 0 Å². The van der Waals surface area contributed by atoms with Gasteiger partial charge in [-0.05, 0) is 18.2 Å². The zero-order valence-electron chi connectivity index (χ0n) is 11.1. The number of carbonyl (C=O) groups is 1. The first-order valence-corrected chi connectivity index (χ1v) is 6.07. The third-order valence-electron chi connectivity index (χ3n) is 2.93. The lowest BCUT2D eigenvalue weighted by Gasteiger charge is -2.13. The molecule has 0 bridgehead atoms. The molecule has 0 aliphatic rings. The fourth-order valence-corrected chi connectivity index (χ4v) is 2.02. The van der Waals surface area contributed by atoms with Crippen LogP contribution in [0.2, 0.25) is 0 Å². The number of aromatic nitrogens is 1. The van der Waals surface area contributed by atoms with Crippen molar-refractivity contribution in [3.8, 4) is 0 Å². The highest BCUT2D eigenvalue weighted by Crippen LogP contribution is 2.29. The van der Waals surface area contributed by atoms with Crippen LogP contribution in [0.4, 0.5) is 11.6 Å². The van der Waals surface area contributed by atoms with Crippen LogP contribution in [-0.2, 0) is 0 Å². The quantitative estimate of drug-likeness (QED) is 0.793. The molecule has 0 fully saturated rings. The highest BCUT2D eigenvalue weighted by Gasteiger charge is 2.20. The number of hydrogen-bond acceptors (Lipinski definition) is 5. The average molecular weight is 271 g/mol. The molecule has 1 aromatic carbocycles. The Morgan fingerprint density at radius 3 is 2.80 bits per heavy atom. The molecule has 0 radical (unpaired) electrons. The summed E-state index contributed by atoms with van der Waals surface area (Å²) in [5.41, 5.74) is 1.68. The second kappa shape index (κ2) is 4.73. The largest absolute Gasteiger partial charge is 0.449 e. The molecule has 6 nitrogen and oxygen atoms in total. The number of benzene rings is 1. The van der Waals surface area contributed by atoms with Crippen LogP contribution in [-0.4, -0.2) is 25.2 Å². The topological polar surface area (TPSA) is 71.5 Å². The Morgan fingerprint density at radius 2 is 2.10 bits per heavy atom. The normalized spacial score (nSPS) is 10.7. The molecule has 0 spiro atoms. The van der Waals surface area contributed by atoms with Gasteiger partial charge in [-0.25, -0.2) is 0 Å². The summed E-state index contributed by atoms with van der Waals surface area (Å²) in [6, 6.07) is 8.90. The van der Waals surface area contributed by atoms with Crippen LogP contribution in [0.15, 0.2) is 45.5 Å². The third-order valence-corrected chi connectivity index (χ3v) is 2.93. The number of rotatable bonds is 3. The van der Waals surface area contributed by atoms with Crippen LogP contribution in [0.1, 0.15) is 10.5 Å². The summed E-state index contributed by atoms with van der Waals surface area (Å²) in [6.45, 7) is 0. The van der Waals surface area contributed by atoms with Gasteiger partial charge in [0.15, 0.2) is 17.2 Å². The number of carbonyl (C=O) groups excluding carboxylic acids is 1. The molecule has 3 rings (SSSR count). The fourth-order valence-electron chi connectivity index (χ4n) is 2.02. The minimum absolute atomic E-state index is 0.237. The first kappa shape index (κ1) is 12.3. The summed E-state index contributed by atoms with van der Waals surface area (Å²) in [5.74, 6) is 0.00137. The highest BCUT2D eigenvalue weighted by molar-refractivity contribution is 6.13. The molecular weight excluding hydrogens is 258 g/mol. The summed E-state index contributed by atoms with van der Waals surface area (Å²) in [7, 11) is 3.80. The summed E-state index contributed by atoms with van der Waals surface area (Å²) in [4.78, 5) is 14.2. The van der Waals surface area contributed by atoms with Crippen molar-refractivity contribution < 1.29 is 13.7 Å². The number of furan rings is 1. The Morgan fingerprint density at radius 1 is 1.25 bits per heavy atom. The second-order valence-electron chi connectivity index (χ2n) is 4.51.